The van der Waals surface area contributed by atoms with E-state index in [-0.39, 0.29) is 11.8 Å². The number of ether oxygens (including phenoxy) is 1. The minimum absolute atomic E-state index is 0.130. The van der Waals surface area contributed by atoms with Gasteiger partial charge in [-0.3, -0.25) is 9.59 Å². The van der Waals surface area contributed by atoms with Gasteiger partial charge in [0.2, 0.25) is 5.95 Å². The van der Waals surface area contributed by atoms with Crippen LogP contribution < -0.4 is 10.1 Å². The molecule has 1 aliphatic heterocycles. The van der Waals surface area contributed by atoms with E-state index in [9.17, 15) is 9.59 Å². The second-order valence-electron chi connectivity index (χ2n) is 7.46. The van der Waals surface area contributed by atoms with E-state index in [1.54, 1.807) is 42.2 Å². The predicted octanol–water partition coefficient (Wildman–Crippen LogP) is 2.60. The Balaban J connectivity index is 1.33. The lowest BCUT2D eigenvalue weighted by atomic mass is 10.2. The molecule has 0 bridgehead atoms. The van der Waals surface area contributed by atoms with E-state index in [1.165, 1.54) is 6.26 Å². The van der Waals surface area contributed by atoms with Gasteiger partial charge in [0.1, 0.15) is 5.75 Å². The number of carbonyl (C=O) groups excluding carboxylic acids is 2. The van der Waals surface area contributed by atoms with Crippen LogP contribution in [0.4, 0.5) is 5.95 Å². The van der Waals surface area contributed by atoms with Gasteiger partial charge in [-0.2, -0.15) is 0 Å². The quantitative estimate of drug-likeness (QED) is 0.635. The summed E-state index contributed by atoms with van der Waals surface area (Å²) in [6.07, 6.45) is 3.03. The Morgan fingerprint density at radius 2 is 1.75 bits per heavy atom. The number of furan rings is 1. The Bertz CT molecular complexity index is 1070. The summed E-state index contributed by atoms with van der Waals surface area (Å²) < 4.78 is 10.3. The second-order valence-corrected chi connectivity index (χ2v) is 7.46. The molecular weight excluding hydrogens is 410 g/mol. The van der Waals surface area contributed by atoms with E-state index in [4.69, 9.17) is 9.15 Å². The lowest BCUT2D eigenvalue weighted by Crippen LogP contribution is -2.50. The molecule has 9 heteroatoms. The van der Waals surface area contributed by atoms with Crippen LogP contribution in [-0.2, 0) is 6.54 Å². The topological polar surface area (TPSA) is 101 Å². The van der Waals surface area contributed by atoms with Gasteiger partial charge in [0.05, 0.1) is 24.6 Å². The van der Waals surface area contributed by atoms with E-state index in [0.717, 1.165) is 11.3 Å². The Labute approximate surface area is 186 Å². The van der Waals surface area contributed by atoms with Crippen LogP contribution in [0, 0.1) is 6.92 Å². The predicted molar refractivity (Wildman–Crippen MR) is 118 cm³/mol. The number of carbonyl (C=O) groups is 2. The van der Waals surface area contributed by atoms with Crippen LogP contribution in [0.25, 0.3) is 0 Å². The molecule has 2 amide bonds. The minimum Gasteiger partial charge on any atom is -0.497 e. The summed E-state index contributed by atoms with van der Waals surface area (Å²) in [4.78, 5) is 37.5. The lowest BCUT2D eigenvalue weighted by molar-refractivity contribution is 0.0517. The summed E-state index contributed by atoms with van der Waals surface area (Å²) in [7, 11) is 1.63. The van der Waals surface area contributed by atoms with Crippen LogP contribution in [0.1, 0.15) is 32.2 Å². The van der Waals surface area contributed by atoms with Crippen molar-refractivity contribution in [2.45, 2.75) is 13.5 Å². The number of rotatable bonds is 6. The minimum atomic E-state index is -0.158. The fourth-order valence-electron chi connectivity index (χ4n) is 3.53. The molecule has 0 saturated carbocycles. The molecule has 1 N–H and O–H groups in total. The molecule has 0 spiro atoms. The molecule has 3 heterocycles. The van der Waals surface area contributed by atoms with Gasteiger partial charge < -0.3 is 24.3 Å². The number of benzene rings is 1. The molecule has 1 fully saturated rings. The third kappa shape index (κ3) is 4.72. The number of methoxy groups -OCH3 is 1. The van der Waals surface area contributed by atoms with Gasteiger partial charge in [0.25, 0.3) is 11.8 Å². The Hall–Kier alpha value is -3.88. The number of aryl methyl sites for hydroxylation is 1. The molecule has 0 radical (unpaired) electrons. The van der Waals surface area contributed by atoms with Crippen molar-refractivity contribution in [3.8, 4) is 5.75 Å². The molecule has 9 nitrogen and oxygen atoms in total. The fraction of sp³-hybridized carbons (Fsp3) is 0.304. The third-order valence-corrected chi connectivity index (χ3v) is 5.41. The van der Waals surface area contributed by atoms with Gasteiger partial charge in [0, 0.05) is 38.9 Å². The Kier molecular flexibility index (Phi) is 6.34. The van der Waals surface area contributed by atoms with Crippen LogP contribution in [-0.4, -0.2) is 64.9 Å². The number of nitrogens with one attached hydrogen (secondary N) is 1. The van der Waals surface area contributed by atoms with Crippen LogP contribution in [0.15, 0.2) is 53.3 Å². The number of nitrogens with zero attached hydrogens (tertiary/aromatic N) is 4. The molecule has 166 valence electrons. The number of aromatic nitrogens is 2. The van der Waals surface area contributed by atoms with Gasteiger partial charge in [-0.05, 0) is 36.8 Å². The summed E-state index contributed by atoms with van der Waals surface area (Å²) in [6, 6.07) is 11.1. The van der Waals surface area contributed by atoms with Crippen molar-refractivity contribution in [1.82, 2.24) is 19.8 Å². The van der Waals surface area contributed by atoms with E-state index in [1.807, 2.05) is 24.3 Å². The monoisotopic (exact) mass is 435 g/mol. The van der Waals surface area contributed by atoms with Crippen LogP contribution in [0.3, 0.4) is 0 Å². The van der Waals surface area contributed by atoms with Gasteiger partial charge in [-0.25, -0.2) is 9.97 Å². The molecule has 3 aromatic rings. The zero-order chi connectivity index (χ0) is 22.5. The van der Waals surface area contributed by atoms with Crippen molar-refractivity contribution in [3.05, 3.63) is 71.4 Å². The molecule has 1 aliphatic rings. The maximum absolute atomic E-state index is 13.0. The van der Waals surface area contributed by atoms with Crippen LogP contribution in [0.5, 0.6) is 5.75 Å². The van der Waals surface area contributed by atoms with Crippen molar-refractivity contribution in [1.29, 1.82) is 0 Å². The van der Waals surface area contributed by atoms with Crippen molar-refractivity contribution in [2.75, 3.05) is 38.6 Å². The van der Waals surface area contributed by atoms with Gasteiger partial charge in [0.15, 0.2) is 5.76 Å². The molecular formula is C23H25N5O4. The first-order valence-electron chi connectivity index (χ1n) is 10.4. The van der Waals surface area contributed by atoms with Crippen molar-refractivity contribution >= 4 is 17.8 Å². The number of amides is 2. The highest BCUT2D eigenvalue weighted by Gasteiger charge is 2.27. The summed E-state index contributed by atoms with van der Waals surface area (Å²) in [5, 5.41) is 3.18. The second kappa shape index (κ2) is 9.51. The van der Waals surface area contributed by atoms with Gasteiger partial charge in [-0.15, -0.1) is 0 Å². The number of hydrogen-bond acceptors (Lipinski definition) is 7. The number of anilines is 1. The SMILES string of the molecule is COc1ccc(CNc2ncc(C(=O)N3CCN(C(=O)c4ccco4)CC3)c(C)n2)cc1. The maximum Gasteiger partial charge on any atom is 0.289 e. The number of piperazine rings is 1. The standard InChI is InChI=1S/C23H25N5O4/c1-16-19(15-25-23(26-16)24-14-17-5-7-18(31-2)8-6-17)21(29)27-9-11-28(12-10-27)22(30)20-4-3-13-32-20/h3-8,13,15H,9-12,14H2,1-2H3,(H,24,25,26). The van der Waals surface area contributed by atoms with Crippen LogP contribution in [0.2, 0.25) is 0 Å². The molecule has 1 saturated heterocycles. The van der Waals surface area contributed by atoms with E-state index < -0.39 is 0 Å². The molecule has 4 rings (SSSR count). The summed E-state index contributed by atoms with van der Waals surface area (Å²) in [5.74, 6) is 1.29. The highest BCUT2D eigenvalue weighted by molar-refractivity contribution is 5.95. The first kappa shape index (κ1) is 21.4. The first-order chi connectivity index (χ1) is 15.5. The Morgan fingerprint density at radius 3 is 2.34 bits per heavy atom. The third-order valence-electron chi connectivity index (χ3n) is 5.41. The molecule has 1 aromatic carbocycles. The van der Waals surface area contributed by atoms with Crippen LogP contribution >= 0.6 is 0 Å². The summed E-state index contributed by atoms with van der Waals surface area (Å²) in [6.45, 7) is 4.15. The molecule has 32 heavy (non-hydrogen) atoms. The van der Waals surface area contributed by atoms with Gasteiger partial charge in [-0.1, -0.05) is 12.1 Å². The zero-order valence-electron chi connectivity index (χ0n) is 18.1. The average Bonchev–Trinajstić information content (AvgIpc) is 3.37. The van der Waals surface area contributed by atoms with Crippen molar-refractivity contribution in [2.24, 2.45) is 0 Å². The number of hydrogen-bond donors (Lipinski definition) is 1. The first-order valence-corrected chi connectivity index (χ1v) is 10.4. The van der Waals surface area contributed by atoms with E-state index in [2.05, 4.69) is 15.3 Å². The lowest BCUT2D eigenvalue weighted by Gasteiger charge is -2.34. The molecule has 0 aliphatic carbocycles. The van der Waals surface area contributed by atoms with Crippen molar-refractivity contribution in [3.63, 3.8) is 0 Å². The highest BCUT2D eigenvalue weighted by Crippen LogP contribution is 2.16. The molecule has 0 atom stereocenters. The summed E-state index contributed by atoms with van der Waals surface area (Å²) >= 11 is 0. The smallest absolute Gasteiger partial charge is 0.289 e. The van der Waals surface area contributed by atoms with Gasteiger partial charge >= 0.3 is 0 Å². The van der Waals surface area contributed by atoms with Crippen molar-refractivity contribution < 1.29 is 18.7 Å². The molecule has 0 unspecified atom stereocenters. The largest absolute Gasteiger partial charge is 0.497 e. The molecule has 2 aromatic heterocycles. The van der Waals surface area contributed by atoms with E-state index in [0.29, 0.717) is 55.7 Å². The average molecular weight is 435 g/mol. The summed E-state index contributed by atoms with van der Waals surface area (Å²) in [5.41, 5.74) is 2.14. The van der Waals surface area contributed by atoms with E-state index >= 15 is 0 Å². The fourth-order valence-corrected chi connectivity index (χ4v) is 3.53. The zero-order valence-corrected chi connectivity index (χ0v) is 18.1. The Morgan fingerprint density at radius 1 is 1.06 bits per heavy atom. The maximum atomic E-state index is 13.0. The highest BCUT2D eigenvalue weighted by atomic mass is 16.5. The normalized spacial score (nSPS) is 13.7.